The fourth-order valence-electron chi connectivity index (χ4n) is 2.99. The zero-order chi connectivity index (χ0) is 21.7. The van der Waals surface area contributed by atoms with Gasteiger partial charge < -0.3 is 26.5 Å². The van der Waals surface area contributed by atoms with Crippen LogP contribution in [0.15, 0.2) is 54.7 Å². The van der Waals surface area contributed by atoms with Gasteiger partial charge in [0.2, 0.25) is 0 Å². The van der Waals surface area contributed by atoms with E-state index in [0.29, 0.717) is 22.4 Å². The lowest BCUT2D eigenvalue weighted by Crippen LogP contribution is -2.20. The molecule has 9 heteroatoms. The van der Waals surface area contributed by atoms with Gasteiger partial charge in [0.25, 0.3) is 5.91 Å². The van der Waals surface area contributed by atoms with Crippen LogP contribution in [-0.4, -0.2) is 28.0 Å². The Morgan fingerprint density at radius 2 is 1.73 bits per heavy atom. The van der Waals surface area contributed by atoms with Gasteiger partial charge in [-0.05, 0) is 41.8 Å². The zero-order valence-corrected chi connectivity index (χ0v) is 15.7. The van der Waals surface area contributed by atoms with Crippen molar-refractivity contribution < 1.29 is 23.9 Å². The number of carboxylic acid groups (broad SMARTS) is 1. The van der Waals surface area contributed by atoms with Crippen LogP contribution in [0.2, 0.25) is 0 Å². The molecule has 3 amide bonds. The van der Waals surface area contributed by atoms with Crippen molar-refractivity contribution in [2.45, 2.75) is 12.8 Å². The molecule has 0 atom stereocenters. The second-order valence-electron chi connectivity index (χ2n) is 6.46. The Labute approximate surface area is 170 Å². The minimum Gasteiger partial charge on any atom is -0.481 e. The zero-order valence-electron chi connectivity index (χ0n) is 15.7. The molecule has 0 saturated carbocycles. The van der Waals surface area contributed by atoms with Crippen LogP contribution in [0.3, 0.4) is 0 Å². The van der Waals surface area contributed by atoms with Gasteiger partial charge in [-0.1, -0.05) is 24.3 Å². The van der Waals surface area contributed by atoms with E-state index in [1.54, 1.807) is 36.5 Å². The molecule has 8 nitrogen and oxygen atoms in total. The first kappa shape index (κ1) is 20.6. The van der Waals surface area contributed by atoms with Crippen molar-refractivity contribution in [2.75, 3.05) is 10.6 Å². The van der Waals surface area contributed by atoms with E-state index in [4.69, 9.17) is 10.8 Å². The first-order chi connectivity index (χ1) is 14.3. The summed E-state index contributed by atoms with van der Waals surface area (Å²) in [6.07, 6.45) is 1.69. The highest BCUT2D eigenvalue weighted by Gasteiger charge is 2.18. The van der Waals surface area contributed by atoms with Gasteiger partial charge in [0.15, 0.2) is 0 Å². The van der Waals surface area contributed by atoms with Crippen LogP contribution in [0.1, 0.15) is 22.5 Å². The summed E-state index contributed by atoms with van der Waals surface area (Å²) in [7, 11) is 0. The number of urea groups is 1. The molecule has 0 radical (unpaired) electrons. The number of nitrogens with one attached hydrogen (secondary N) is 3. The number of rotatable bonds is 7. The number of hydrogen-bond acceptors (Lipinski definition) is 3. The van der Waals surface area contributed by atoms with E-state index in [1.165, 1.54) is 18.2 Å². The first-order valence-electron chi connectivity index (χ1n) is 9.00. The molecule has 1 aromatic heterocycles. The molecular formula is C21H19FN4O4. The smallest absolute Gasteiger partial charge is 0.323 e. The summed E-state index contributed by atoms with van der Waals surface area (Å²) < 4.78 is 13.6. The molecular weight excluding hydrogens is 391 g/mol. The number of carboxylic acids is 1. The number of amides is 3. The van der Waals surface area contributed by atoms with E-state index in [1.807, 2.05) is 0 Å². The van der Waals surface area contributed by atoms with Crippen molar-refractivity contribution in [3.63, 3.8) is 0 Å². The summed E-state index contributed by atoms with van der Waals surface area (Å²) in [6.45, 7) is 0. The number of aromatic amines is 1. The maximum Gasteiger partial charge on any atom is 0.323 e. The third-order valence-electron chi connectivity index (χ3n) is 4.37. The number of para-hydroxylation sites is 1. The van der Waals surface area contributed by atoms with Crippen LogP contribution >= 0.6 is 0 Å². The van der Waals surface area contributed by atoms with Crippen LogP contribution in [0.5, 0.6) is 0 Å². The van der Waals surface area contributed by atoms with Gasteiger partial charge in [0.1, 0.15) is 11.5 Å². The van der Waals surface area contributed by atoms with Crippen LogP contribution in [0, 0.1) is 5.82 Å². The largest absolute Gasteiger partial charge is 0.481 e. The van der Waals surface area contributed by atoms with Crippen LogP contribution in [0.25, 0.3) is 11.1 Å². The average molecular weight is 410 g/mol. The lowest BCUT2D eigenvalue weighted by atomic mass is 9.98. The number of aromatic nitrogens is 1. The molecule has 3 aromatic rings. The quantitative estimate of drug-likeness (QED) is 0.406. The number of hydrogen-bond donors (Lipinski definition) is 5. The number of nitrogens with two attached hydrogens (primary N) is 1. The van der Waals surface area contributed by atoms with Gasteiger partial charge in [-0.3, -0.25) is 9.59 Å². The number of aliphatic carboxylic acids is 1. The molecule has 1 heterocycles. The summed E-state index contributed by atoms with van der Waals surface area (Å²) >= 11 is 0. The summed E-state index contributed by atoms with van der Waals surface area (Å²) in [5.41, 5.74) is 7.88. The minimum absolute atomic E-state index is 0.0492. The second-order valence-corrected chi connectivity index (χ2v) is 6.46. The van der Waals surface area contributed by atoms with Gasteiger partial charge >= 0.3 is 12.0 Å². The Balaban J connectivity index is 1.77. The van der Waals surface area contributed by atoms with E-state index in [9.17, 15) is 18.8 Å². The molecule has 30 heavy (non-hydrogen) atoms. The molecule has 3 rings (SSSR count). The number of H-pyrrole nitrogens is 1. The predicted molar refractivity (Wildman–Crippen MR) is 110 cm³/mol. The second kappa shape index (κ2) is 8.91. The molecule has 6 N–H and O–H groups in total. The molecule has 0 bridgehead atoms. The molecule has 0 aliphatic heterocycles. The standard InChI is InChI=1S/C21H19FN4O4/c22-15-3-1-2-4-16(15)26-21(30)25-14-8-5-12(6-9-14)18-13(7-10-17(27)28)11-24-19(18)20(23)29/h1-6,8-9,11,24H,7,10H2,(H2,23,29)(H,27,28)(H2,25,26,30). The average Bonchev–Trinajstić information content (AvgIpc) is 3.13. The van der Waals surface area contributed by atoms with Crippen molar-refractivity contribution in [1.29, 1.82) is 0 Å². The van der Waals surface area contributed by atoms with Gasteiger partial charge in [-0.2, -0.15) is 0 Å². The van der Waals surface area contributed by atoms with E-state index >= 15 is 0 Å². The Hall–Kier alpha value is -4.14. The topological polar surface area (TPSA) is 137 Å². The van der Waals surface area contributed by atoms with Crippen molar-refractivity contribution >= 4 is 29.3 Å². The van der Waals surface area contributed by atoms with Crippen molar-refractivity contribution in [1.82, 2.24) is 4.98 Å². The fraction of sp³-hybridized carbons (Fsp3) is 0.0952. The third kappa shape index (κ3) is 4.82. The summed E-state index contributed by atoms with van der Waals surface area (Å²) in [5.74, 6) is -2.18. The van der Waals surface area contributed by atoms with E-state index in [-0.39, 0.29) is 24.2 Å². The van der Waals surface area contributed by atoms with Crippen molar-refractivity contribution in [3.8, 4) is 11.1 Å². The van der Waals surface area contributed by atoms with Gasteiger partial charge in [-0.15, -0.1) is 0 Å². The van der Waals surface area contributed by atoms with E-state index in [0.717, 1.165) is 0 Å². The number of benzene rings is 2. The highest BCUT2D eigenvalue weighted by Crippen LogP contribution is 2.29. The van der Waals surface area contributed by atoms with Crippen molar-refractivity contribution in [3.05, 3.63) is 71.8 Å². The Morgan fingerprint density at radius 1 is 1.03 bits per heavy atom. The molecule has 0 unspecified atom stereocenters. The Morgan fingerprint density at radius 3 is 2.37 bits per heavy atom. The Kier molecular flexibility index (Phi) is 6.11. The lowest BCUT2D eigenvalue weighted by Gasteiger charge is -2.10. The summed E-state index contributed by atoms with van der Waals surface area (Å²) in [6, 6.07) is 11.7. The normalized spacial score (nSPS) is 10.4. The number of carbonyl (C=O) groups is 3. The monoisotopic (exact) mass is 410 g/mol. The molecule has 154 valence electrons. The molecule has 0 saturated heterocycles. The van der Waals surface area contributed by atoms with Gasteiger partial charge in [0.05, 0.1) is 5.69 Å². The number of carbonyl (C=O) groups excluding carboxylic acids is 2. The van der Waals surface area contributed by atoms with Gasteiger partial charge in [-0.25, -0.2) is 9.18 Å². The maximum atomic E-state index is 13.6. The molecule has 0 fully saturated rings. The summed E-state index contributed by atoms with van der Waals surface area (Å²) in [4.78, 5) is 37.5. The Bertz CT molecular complexity index is 1090. The molecule has 0 aliphatic carbocycles. The van der Waals surface area contributed by atoms with Gasteiger partial charge in [0, 0.05) is 23.9 Å². The lowest BCUT2D eigenvalue weighted by molar-refractivity contribution is -0.136. The summed E-state index contributed by atoms with van der Waals surface area (Å²) in [5, 5.41) is 13.9. The highest BCUT2D eigenvalue weighted by molar-refractivity contribution is 6.01. The maximum absolute atomic E-state index is 13.6. The van der Waals surface area contributed by atoms with Crippen LogP contribution in [0.4, 0.5) is 20.6 Å². The molecule has 0 aliphatic rings. The van der Waals surface area contributed by atoms with Crippen LogP contribution in [-0.2, 0) is 11.2 Å². The fourth-order valence-corrected chi connectivity index (χ4v) is 2.99. The highest BCUT2D eigenvalue weighted by atomic mass is 19.1. The first-order valence-corrected chi connectivity index (χ1v) is 9.00. The van der Waals surface area contributed by atoms with E-state index < -0.39 is 23.7 Å². The molecule has 0 spiro atoms. The third-order valence-corrected chi connectivity index (χ3v) is 4.37. The molecule has 2 aromatic carbocycles. The predicted octanol–water partition coefficient (Wildman–Crippen LogP) is 3.58. The minimum atomic E-state index is -0.955. The van der Waals surface area contributed by atoms with Crippen molar-refractivity contribution in [2.24, 2.45) is 5.73 Å². The number of anilines is 2. The number of aryl methyl sites for hydroxylation is 1. The number of halogens is 1. The number of primary amides is 1. The SMILES string of the molecule is NC(=O)c1[nH]cc(CCC(=O)O)c1-c1ccc(NC(=O)Nc2ccccc2F)cc1. The van der Waals surface area contributed by atoms with E-state index in [2.05, 4.69) is 15.6 Å². The van der Waals surface area contributed by atoms with Crippen LogP contribution < -0.4 is 16.4 Å².